The number of carbonyl (C=O) groups excluding carboxylic acids is 1. The van der Waals surface area contributed by atoms with Gasteiger partial charge in [-0.2, -0.15) is 5.10 Å². The number of ether oxygens (including phenoxy) is 1. The molecule has 0 bridgehead atoms. The molecule has 0 N–H and O–H groups in total. The van der Waals surface area contributed by atoms with Gasteiger partial charge in [0.05, 0.1) is 19.1 Å². The summed E-state index contributed by atoms with van der Waals surface area (Å²) >= 11 is 3.45. The van der Waals surface area contributed by atoms with E-state index in [9.17, 15) is 4.79 Å². The molecule has 2 aromatic carbocycles. The van der Waals surface area contributed by atoms with Gasteiger partial charge in [0.15, 0.2) is 0 Å². The van der Waals surface area contributed by atoms with Crippen molar-refractivity contribution in [2.45, 2.75) is 12.5 Å². The molecule has 0 unspecified atom stereocenters. The Morgan fingerprint density at radius 3 is 2.70 bits per heavy atom. The lowest BCUT2D eigenvalue weighted by molar-refractivity contribution is 0.0692. The smallest absolute Gasteiger partial charge is 0.274 e. The Bertz CT molecular complexity index is 981. The van der Waals surface area contributed by atoms with Crippen molar-refractivity contribution >= 4 is 27.5 Å². The van der Waals surface area contributed by atoms with Crippen LogP contribution in [0.5, 0.6) is 5.75 Å². The van der Waals surface area contributed by atoms with Crippen molar-refractivity contribution < 1.29 is 13.9 Å². The third-order valence-electron chi connectivity index (χ3n) is 4.48. The number of hydrazone groups is 1. The lowest BCUT2D eigenvalue weighted by Gasteiger charge is -2.20. The van der Waals surface area contributed by atoms with Crippen LogP contribution in [0.15, 0.2) is 80.9 Å². The van der Waals surface area contributed by atoms with Gasteiger partial charge >= 0.3 is 0 Å². The molecule has 0 radical (unpaired) electrons. The molecule has 1 atom stereocenters. The first-order valence-corrected chi connectivity index (χ1v) is 9.29. The van der Waals surface area contributed by atoms with E-state index in [0.717, 1.165) is 15.7 Å². The normalized spacial score (nSPS) is 16.3. The first kappa shape index (κ1) is 17.5. The Morgan fingerprint density at radius 1 is 1.19 bits per heavy atom. The first-order chi connectivity index (χ1) is 13.2. The molecule has 0 aliphatic carbocycles. The highest BCUT2D eigenvalue weighted by Gasteiger charge is 2.35. The average molecular weight is 425 g/mol. The van der Waals surface area contributed by atoms with Gasteiger partial charge in [0, 0.05) is 16.5 Å². The highest BCUT2D eigenvalue weighted by Crippen LogP contribution is 2.34. The number of halogens is 1. The van der Waals surface area contributed by atoms with E-state index in [1.165, 1.54) is 5.01 Å². The summed E-state index contributed by atoms with van der Waals surface area (Å²) < 4.78 is 11.8. The minimum Gasteiger partial charge on any atom is -0.497 e. The first-order valence-electron chi connectivity index (χ1n) is 8.50. The zero-order chi connectivity index (χ0) is 18.8. The van der Waals surface area contributed by atoms with Gasteiger partial charge in [0.25, 0.3) is 5.91 Å². The molecule has 1 aromatic heterocycles. The Hall–Kier alpha value is -2.86. The quantitative estimate of drug-likeness (QED) is 0.589. The van der Waals surface area contributed by atoms with E-state index >= 15 is 0 Å². The number of amides is 1. The van der Waals surface area contributed by atoms with Crippen LogP contribution in [0, 0.1) is 0 Å². The van der Waals surface area contributed by atoms with Crippen LogP contribution in [0.2, 0.25) is 0 Å². The monoisotopic (exact) mass is 424 g/mol. The van der Waals surface area contributed by atoms with E-state index in [1.54, 1.807) is 37.6 Å². The Labute approximate surface area is 165 Å². The number of carbonyl (C=O) groups is 1. The third-order valence-corrected chi connectivity index (χ3v) is 5.01. The molecule has 27 heavy (non-hydrogen) atoms. The maximum Gasteiger partial charge on any atom is 0.274 e. The molecular weight excluding hydrogens is 408 g/mol. The van der Waals surface area contributed by atoms with Crippen LogP contribution in [0.1, 0.15) is 34.1 Å². The molecule has 6 heteroatoms. The second kappa shape index (κ2) is 7.40. The topological polar surface area (TPSA) is 55.0 Å². The minimum absolute atomic E-state index is 0.192. The number of furan rings is 1. The van der Waals surface area contributed by atoms with Crippen LogP contribution in [0.3, 0.4) is 0 Å². The van der Waals surface area contributed by atoms with E-state index in [0.29, 0.717) is 23.5 Å². The van der Waals surface area contributed by atoms with Crippen LogP contribution < -0.4 is 4.74 Å². The molecule has 0 saturated carbocycles. The maximum absolute atomic E-state index is 13.2. The number of rotatable bonds is 4. The average Bonchev–Trinajstić information content (AvgIpc) is 3.37. The molecular formula is C21H17BrN2O3. The fraction of sp³-hybridized carbons (Fsp3) is 0.143. The van der Waals surface area contributed by atoms with Crippen molar-refractivity contribution in [3.63, 3.8) is 0 Å². The third kappa shape index (κ3) is 3.53. The van der Waals surface area contributed by atoms with E-state index in [2.05, 4.69) is 21.0 Å². The van der Waals surface area contributed by atoms with Crippen molar-refractivity contribution in [3.8, 4) is 5.75 Å². The fourth-order valence-electron chi connectivity index (χ4n) is 3.11. The molecule has 1 aliphatic heterocycles. The predicted molar refractivity (Wildman–Crippen MR) is 106 cm³/mol. The molecule has 0 saturated heterocycles. The predicted octanol–water partition coefficient (Wildman–Crippen LogP) is 5.04. The summed E-state index contributed by atoms with van der Waals surface area (Å²) in [7, 11) is 1.58. The van der Waals surface area contributed by atoms with E-state index in [4.69, 9.17) is 9.15 Å². The van der Waals surface area contributed by atoms with Crippen molar-refractivity contribution in [1.82, 2.24) is 5.01 Å². The van der Waals surface area contributed by atoms with Gasteiger partial charge < -0.3 is 9.15 Å². The summed E-state index contributed by atoms with van der Waals surface area (Å²) in [5.41, 5.74) is 2.35. The van der Waals surface area contributed by atoms with Crippen molar-refractivity contribution in [3.05, 3.63) is 88.3 Å². The number of benzene rings is 2. The lowest BCUT2D eigenvalue weighted by atomic mass is 10.0. The van der Waals surface area contributed by atoms with E-state index in [1.807, 2.05) is 36.4 Å². The second-order valence-electron chi connectivity index (χ2n) is 6.17. The van der Waals surface area contributed by atoms with Gasteiger partial charge in [-0.15, -0.1) is 0 Å². The fourth-order valence-corrected chi connectivity index (χ4v) is 3.37. The molecule has 3 aromatic rings. The zero-order valence-electron chi connectivity index (χ0n) is 14.6. The van der Waals surface area contributed by atoms with Crippen molar-refractivity contribution in [2.75, 3.05) is 7.11 Å². The van der Waals surface area contributed by atoms with E-state index < -0.39 is 0 Å². The highest BCUT2D eigenvalue weighted by molar-refractivity contribution is 9.10. The SMILES string of the molecule is COc1cccc(C(=O)N2N=C(c3ccc(Br)cc3)C[C@H]2c2ccco2)c1. The summed E-state index contributed by atoms with van der Waals surface area (Å²) in [6.07, 6.45) is 2.20. The minimum atomic E-state index is -0.280. The molecule has 2 heterocycles. The highest BCUT2D eigenvalue weighted by atomic mass is 79.9. The van der Waals surface area contributed by atoms with Crippen LogP contribution >= 0.6 is 15.9 Å². The van der Waals surface area contributed by atoms with Gasteiger partial charge in [0.2, 0.25) is 0 Å². The van der Waals surface area contributed by atoms with Gasteiger partial charge in [-0.05, 0) is 48.0 Å². The van der Waals surface area contributed by atoms with Crippen LogP contribution in [-0.4, -0.2) is 23.7 Å². The summed E-state index contributed by atoms with van der Waals surface area (Å²) in [6.45, 7) is 0. The number of hydrogen-bond acceptors (Lipinski definition) is 4. The lowest BCUT2D eigenvalue weighted by Crippen LogP contribution is -2.26. The zero-order valence-corrected chi connectivity index (χ0v) is 16.2. The molecule has 4 rings (SSSR count). The van der Waals surface area contributed by atoms with Crippen LogP contribution in [0.4, 0.5) is 0 Å². The van der Waals surface area contributed by atoms with Crippen LogP contribution in [0.25, 0.3) is 0 Å². The summed E-state index contributed by atoms with van der Waals surface area (Å²) in [6, 6.07) is 18.4. The molecule has 0 fully saturated rings. The molecule has 1 aliphatic rings. The van der Waals surface area contributed by atoms with Crippen molar-refractivity contribution in [1.29, 1.82) is 0 Å². The van der Waals surface area contributed by atoms with Crippen molar-refractivity contribution in [2.24, 2.45) is 5.10 Å². The Balaban J connectivity index is 1.71. The van der Waals surface area contributed by atoms with Gasteiger partial charge in [-0.3, -0.25) is 4.79 Å². The second-order valence-corrected chi connectivity index (χ2v) is 7.09. The maximum atomic E-state index is 13.2. The number of methoxy groups -OCH3 is 1. The molecule has 0 spiro atoms. The van der Waals surface area contributed by atoms with Gasteiger partial charge in [-0.1, -0.05) is 34.1 Å². The van der Waals surface area contributed by atoms with E-state index in [-0.39, 0.29) is 11.9 Å². The molecule has 1 amide bonds. The summed E-state index contributed by atoms with van der Waals surface area (Å²) in [4.78, 5) is 13.2. The number of nitrogens with zero attached hydrogens (tertiary/aromatic N) is 2. The molecule has 5 nitrogen and oxygen atoms in total. The Kier molecular flexibility index (Phi) is 4.81. The standard InChI is InChI=1S/C21H17BrN2O3/c1-26-17-5-2-4-15(12-17)21(25)24-19(20-6-3-11-27-20)13-18(23-24)14-7-9-16(22)10-8-14/h2-12,19H,13H2,1H3/t19-/m0/s1. The van der Waals surface area contributed by atoms with Gasteiger partial charge in [-0.25, -0.2) is 5.01 Å². The number of hydrogen-bond donors (Lipinski definition) is 0. The molecule has 136 valence electrons. The summed E-state index contributed by atoms with van der Waals surface area (Å²) in [5.74, 6) is 1.15. The largest absolute Gasteiger partial charge is 0.497 e. The Morgan fingerprint density at radius 2 is 2.00 bits per heavy atom. The summed E-state index contributed by atoms with van der Waals surface area (Å²) in [5, 5.41) is 6.15. The van der Waals surface area contributed by atoms with Gasteiger partial charge in [0.1, 0.15) is 17.6 Å². The van der Waals surface area contributed by atoms with Crippen LogP contribution in [-0.2, 0) is 0 Å².